The third kappa shape index (κ3) is 4.63. The van der Waals surface area contributed by atoms with Crippen LogP contribution >= 0.6 is 23.4 Å². The molecule has 0 spiro atoms. The summed E-state index contributed by atoms with van der Waals surface area (Å²) in [7, 11) is 0. The quantitative estimate of drug-likeness (QED) is 0.730. The van der Waals surface area contributed by atoms with Crippen molar-refractivity contribution >= 4 is 46.7 Å². The molecule has 0 saturated carbocycles. The number of hydrogen-bond donors (Lipinski definition) is 2. The number of halogens is 1. The number of hydroxylamine groups is 1. The number of amides is 2. The molecule has 2 amide bonds. The molecule has 0 aliphatic carbocycles. The van der Waals surface area contributed by atoms with Gasteiger partial charge in [-0.2, -0.15) is 5.48 Å². The summed E-state index contributed by atoms with van der Waals surface area (Å²) in [4.78, 5) is 33.5. The summed E-state index contributed by atoms with van der Waals surface area (Å²) in [6.07, 6.45) is 1.74. The Morgan fingerprint density at radius 3 is 2.79 bits per heavy atom. The van der Waals surface area contributed by atoms with E-state index in [1.165, 1.54) is 11.8 Å². The molecule has 10 heteroatoms. The molecule has 0 radical (unpaired) electrons. The third-order valence-electron chi connectivity index (χ3n) is 5.07. The van der Waals surface area contributed by atoms with E-state index in [0.717, 1.165) is 17.9 Å². The van der Waals surface area contributed by atoms with Crippen molar-refractivity contribution in [2.45, 2.75) is 30.9 Å². The van der Waals surface area contributed by atoms with Crippen LogP contribution in [0.5, 0.6) is 0 Å². The molecule has 3 aliphatic heterocycles. The minimum absolute atomic E-state index is 0.0717. The zero-order valence-electron chi connectivity index (χ0n) is 16.0. The number of allylic oxidation sites excluding steroid dienone is 1. The van der Waals surface area contributed by atoms with E-state index in [1.807, 2.05) is 37.3 Å². The molecule has 4 rings (SSSR count). The van der Waals surface area contributed by atoms with E-state index < -0.39 is 6.09 Å². The molecular weight excluding hydrogens is 416 g/mol. The number of carbonyl (C=O) groups is 2. The van der Waals surface area contributed by atoms with Crippen LogP contribution in [-0.4, -0.2) is 55.8 Å². The van der Waals surface area contributed by atoms with Crippen molar-refractivity contribution < 1.29 is 19.2 Å². The van der Waals surface area contributed by atoms with Crippen LogP contribution in [0.25, 0.3) is 0 Å². The number of ether oxygens (including phenoxy) is 1. The maximum Gasteiger partial charge on any atom is 0.414 e. The number of carbonyl (C=O) groups excluding carboxylic acids is 2. The van der Waals surface area contributed by atoms with Crippen LogP contribution in [0.4, 0.5) is 16.2 Å². The van der Waals surface area contributed by atoms with Crippen molar-refractivity contribution in [3.8, 4) is 0 Å². The maximum absolute atomic E-state index is 12.3. The van der Waals surface area contributed by atoms with Gasteiger partial charge in [0.05, 0.1) is 35.5 Å². The number of nitrogens with one attached hydrogen (secondary N) is 2. The van der Waals surface area contributed by atoms with E-state index in [9.17, 15) is 9.59 Å². The average Bonchev–Trinajstić information content (AvgIpc) is 3.32. The van der Waals surface area contributed by atoms with Crippen LogP contribution in [0.1, 0.15) is 13.3 Å². The van der Waals surface area contributed by atoms with Crippen LogP contribution in [0.2, 0.25) is 0 Å². The highest BCUT2D eigenvalue weighted by Crippen LogP contribution is 2.34. The Bertz CT molecular complexity index is 806. The van der Waals surface area contributed by atoms with Gasteiger partial charge in [-0.25, -0.2) is 4.79 Å². The molecule has 3 heterocycles. The second kappa shape index (κ2) is 8.83. The van der Waals surface area contributed by atoms with Gasteiger partial charge in [-0.3, -0.25) is 14.5 Å². The van der Waals surface area contributed by atoms with E-state index in [1.54, 1.807) is 4.90 Å². The predicted molar refractivity (Wildman–Crippen MR) is 113 cm³/mol. The molecule has 2 N–H and O–H groups in total. The van der Waals surface area contributed by atoms with Crippen molar-refractivity contribution in [2.75, 3.05) is 36.0 Å². The first-order valence-electron chi connectivity index (χ1n) is 9.53. The summed E-state index contributed by atoms with van der Waals surface area (Å²) in [5.74, 6) is -0.0889. The lowest BCUT2D eigenvalue weighted by molar-refractivity contribution is -0.120. The highest BCUT2D eigenvalue weighted by molar-refractivity contribution is 8.06. The van der Waals surface area contributed by atoms with Crippen LogP contribution in [0.3, 0.4) is 0 Å². The summed E-state index contributed by atoms with van der Waals surface area (Å²) in [6, 6.07) is 7.77. The Hall–Kier alpha value is -1.94. The van der Waals surface area contributed by atoms with Crippen molar-refractivity contribution in [2.24, 2.45) is 0 Å². The van der Waals surface area contributed by atoms with Crippen molar-refractivity contribution in [1.82, 2.24) is 10.8 Å². The first kappa shape index (κ1) is 20.3. The fourth-order valence-electron chi connectivity index (χ4n) is 3.52. The molecule has 3 unspecified atom stereocenters. The van der Waals surface area contributed by atoms with Crippen LogP contribution in [0.15, 0.2) is 34.7 Å². The summed E-state index contributed by atoms with van der Waals surface area (Å²) in [5, 5.41) is 2.65. The standard InChI is InChI=1S/C19H23ClN4O4S/c1-12-22-27-9-8-23(12)13-2-4-14(5-3-13)24-11-15(28-19(24)26)10-21-18(25)16-6-7-17(20)29-16/h2-5,7,12,15-16,22H,6,8-11H2,1H3,(H,21,25). The number of benzene rings is 1. The Balaban J connectivity index is 1.31. The molecule has 0 aromatic heterocycles. The molecule has 8 nitrogen and oxygen atoms in total. The lowest BCUT2D eigenvalue weighted by atomic mass is 10.2. The van der Waals surface area contributed by atoms with Gasteiger partial charge in [0, 0.05) is 17.9 Å². The van der Waals surface area contributed by atoms with Gasteiger partial charge in [0.25, 0.3) is 0 Å². The van der Waals surface area contributed by atoms with Gasteiger partial charge in [-0.15, -0.1) is 11.8 Å². The SMILES string of the molecule is CC1NOCCN1c1ccc(N2CC(CNC(=O)C3CC=C(Cl)S3)OC2=O)cc1. The van der Waals surface area contributed by atoms with Crippen molar-refractivity contribution in [3.63, 3.8) is 0 Å². The predicted octanol–water partition coefficient (Wildman–Crippen LogP) is 2.40. The minimum Gasteiger partial charge on any atom is -0.442 e. The Kier molecular flexibility index (Phi) is 6.19. The Labute approximate surface area is 178 Å². The van der Waals surface area contributed by atoms with Crippen molar-refractivity contribution in [3.05, 3.63) is 34.7 Å². The fourth-order valence-corrected chi connectivity index (χ4v) is 4.78. The highest BCUT2D eigenvalue weighted by Gasteiger charge is 2.33. The summed E-state index contributed by atoms with van der Waals surface area (Å²) >= 11 is 7.26. The molecule has 1 aromatic carbocycles. The fraction of sp³-hybridized carbons (Fsp3) is 0.474. The number of nitrogens with zero attached hydrogens (tertiary/aromatic N) is 2. The van der Waals surface area contributed by atoms with Gasteiger partial charge >= 0.3 is 6.09 Å². The van der Waals surface area contributed by atoms with E-state index in [-0.39, 0.29) is 30.0 Å². The van der Waals surface area contributed by atoms with Gasteiger partial charge in [-0.05, 0) is 37.6 Å². The Morgan fingerprint density at radius 1 is 1.34 bits per heavy atom. The summed E-state index contributed by atoms with van der Waals surface area (Å²) < 4.78 is 6.06. The number of cyclic esters (lactones) is 1. The zero-order chi connectivity index (χ0) is 20.4. The van der Waals surface area contributed by atoms with Gasteiger partial charge in [0.1, 0.15) is 6.10 Å². The van der Waals surface area contributed by atoms with E-state index in [4.69, 9.17) is 21.2 Å². The molecule has 2 fully saturated rings. The molecule has 2 saturated heterocycles. The number of hydrogen-bond acceptors (Lipinski definition) is 7. The topological polar surface area (TPSA) is 83.1 Å². The van der Waals surface area contributed by atoms with Gasteiger partial charge in [0.2, 0.25) is 5.91 Å². The molecule has 3 aliphatic rings. The first-order valence-corrected chi connectivity index (χ1v) is 10.8. The number of anilines is 2. The lowest BCUT2D eigenvalue weighted by Gasteiger charge is -2.35. The average molecular weight is 439 g/mol. The van der Waals surface area contributed by atoms with Gasteiger partial charge in [0.15, 0.2) is 0 Å². The summed E-state index contributed by atoms with van der Waals surface area (Å²) in [5.41, 5.74) is 4.77. The largest absolute Gasteiger partial charge is 0.442 e. The Morgan fingerprint density at radius 2 is 2.10 bits per heavy atom. The highest BCUT2D eigenvalue weighted by atomic mass is 35.5. The molecule has 29 heavy (non-hydrogen) atoms. The smallest absolute Gasteiger partial charge is 0.414 e. The second-order valence-electron chi connectivity index (χ2n) is 7.06. The molecule has 1 aromatic rings. The monoisotopic (exact) mass is 438 g/mol. The van der Waals surface area contributed by atoms with Gasteiger partial charge in [-0.1, -0.05) is 17.7 Å². The normalized spacial score (nSPS) is 27.0. The number of thioether (sulfide) groups is 1. The molecule has 156 valence electrons. The second-order valence-corrected chi connectivity index (χ2v) is 8.94. The molecular formula is C19H23ClN4O4S. The maximum atomic E-state index is 12.3. The first-order chi connectivity index (χ1) is 14.0. The van der Waals surface area contributed by atoms with Crippen LogP contribution in [-0.2, 0) is 14.4 Å². The van der Waals surface area contributed by atoms with Crippen LogP contribution < -0.4 is 20.6 Å². The van der Waals surface area contributed by atoms with E-state index >= 15 is 0 Å². The summed E-state index contributed by atoms with van der Waals surface area (Å²) in [6.45, 7) is 4.11. The van der Waals surface area contributed by atoms with Gasteiger partial charge < -0.3 is 15.0 Å². The van der Waals surface area contributed by atoms with E-state index in [0.29, 0.717) is 23.9 Å². The van der Waals surface area contributed by atoms with Crippen molar-refractivity contribution in [1.29, 1.82) is 0 Å². The van der Waals surface area contributed by atoms with E-state index in [2.05, 4.69) is 15.7 Å². The lowest BCUT2D eigenvalue weighted by Crippen LogP contribution is -2.50. The minimum atomic E-state index is -0.404. The molecule has 3 atom stereocenters. The third-order valence-corrected chi connectivity index (χ3v) is 6.57. The molecule has 0 bridgehead atoms. The van der Waals surface area contributed by atoms with Crippen LogP contribution in [0, 0.1) is 0 Å². The zero-order valence-corrected chi connectivity index (χ0v) is 17.5. The number of rotatable bonds is 5.